The lowest BCUT2D eigenvalue weighted by Gasteiger charge is -2.16. The Labute approximate surface area is 115 Å². The molecule has 1 aliphatic rings. The smallest absolute Gasteiger partial charge is 0.305 e. The van der Waals surface area contributed by atoms with Gasteiger partial charge in [-0.25, -0.2) is 0 Å². The topological polar surface area (TPSA) is 44.8 Å². The first-order chi connectivity index (χ1) is 8.98. The maximum absolute atomic E-state index is 11.4. The second-order valence-corrected chi connectivity index (χ2v) is 4.89. The van der Waals surface area contributed by atoms with Crippen molar-refractivity contribution in [2.75, 3.05) is 6.61 Å². The lowest BCUT2D eigenvalue weighted by molar-refractivity contribution is -0.149. The van der Waals surface area contributed by atoms with Crippen LogP contribution in [0, 0.1) is 0 Å². The van der Waals surface area contributed by atoms with Crippen LogP contribution in [0.5, 0.6) is 0 Å². The highest BCUT2D eigenvalue weighted by molar-refractivity contribution is 5.69. The van der Waals surface area contributed by atoms with Crippen LogP contribution in [-0.4, -0.2) is 30.6 Å². The number of carbonyl (C=O) groups excluding carboxylic acids is 1. The Morgan fingerprint density at radius 2 is 2.05 bits per heavy atom. The van der Waals surface area contributed by atoms with Gasteiger partial charge < -0.3 is 14.2 Å². The number of esters is 1. The SMILES string of the molecule is C/C=C/C=C\[C@@H]1OC(C)(C)O[C@H]1CCC(=O)OCC. The molecule has 0 aromatic heterocycles. The quantitative estimate of drug-likeness (QED) is 0.549. The summed E-state index contributed by atoms with van der Waals surface area (Å²) in [7, 11) is 0. The van der Waals surface area contributed by atoms with Crippen LogP contribution in [0.1, 0.15) is 40.5 Å². The molecule has 0 aromatic rings. The molecule has 108 valence electrons. The van der Waals surface area contributed by atoms with Gasteiger partial charge in [0.1, 0.15) is 6.10 Å². The minimum Gasteiger partial charge on any atom is -0.466 e. The minimum absolute atomic E-state index is 0.110. The van der Waals surface area contributed by atoms with Crippen LogP contribution >= 0.6 is 0 Å². The largest absolute Gasteiger partial charge is 0.466 e. The predicted molar refractivity (Wildman–Crippen MR) is 73.6 cm³/mol. The molecular weight excluding hydrogens is 244 g/mol. The van der Waals surface area contributed by atoms with Gasteiger partial charge >= 0.3 is 5.97 Å². The fraction of sp³-hybridized carbons (Fsp3) is 0.667. The van der Waals surface area contributed by atoms with Crippen molar-refractivity contribution in [3.63, 3.8) is 0 Å². The molecule has 0 aliphatic carbocycles. The van der Waals surface area contributed by atoms with Crippen LogP contribution < -0.4 is 0 Å². The van der Waals surface area contributed by atoms with E-state index in [9.17, 15) is 4.79 Å². The fourth-order valence-corrected chi connectivity index (χ4v) is 2.03. The third-order valence-corrected chi connectivity index (χ3v) is 2.76. The van der Waals surface area contributed by atoms with Crippen molar-refractivity contribution in [1.29, 1.82) is 0 Å². The van der Waals surface area contributed by atoms with E-state index in [0.29, 0.717) is 19.4 Å². The molecule has 0 radical (unpaired) electrons. The highest BCUT2D eigenvalue weighted by atomic mass is 16.7. The molecule has 4 heteroatoms. The molecule has 0 amide bonds. The van der Waals surface area contributed by atoms with Crippen LogP contribution in [0.4, 0.5) is 0 Å². The van der Waals surface area contributed by atoms with Crippen molar-refractivity contribution in [3.05, 3.63) is 24.3 Å². The van der Waals surface area contributed by atoms with Crippen molar-refractivity contribution in [2.45, 2.75) is 58.5 Å². The summed E-state index contributed by atoms with van der Waals surface area (Å²) in [5.74, 6) is -0.795. The Hall–Kier alpha value is -1.13. The van der Waals surface area contributed by atoms with Gasteiger partial charge in [-0.05, 0) is 34.1 Å². The van der Waals surface area contributed by atoms with Gasteiger partial charge in [-0.2, -0.15) is 0 Å². The van der Waals surface area contributed by atoms with E-state index >= 15 is 0 Å². The Morgan fingerprint density at radius 3 is 2.68 bits per heavy atom. The second kappa shape index (κ2) is 7.46. The van der Waals surface area contributed by atoms with E-state index in [1.165, 1.54) is 0 Å². The zero-order valence-corrected chi connectivity index (χ0v) is 12.2. The summed E-state index contributed by atoms with van der Waals surface area (Å²) >= 11 is 0. The van der Waals surface area contributed by atoms with E-state index in [2.05, 4.69) is 0 Å². The van der Waals surface area contributed by atoms with Gasteiger partial charge in [-0.3, -0.25) is 4.79 Å². The van der Waals surface area contributed by atoms with Crippen LogP contribution in [0.3, 0.4) is 0 Å². The third-order valence-electron chi connectivity index (χ3n) is 2.76. The lowest BCUT2D eigenvalue weighted by atomic mass is 10.1. The summed E-state index contributed by atoms with van der Waals surface area (Å²) in [5.41, 5.74) is 0. The van der Waals surface area contributed by atoms with E-state index in [4.69, 9.17) is 14.2 Å². The number of carbonyl (C=O) groups is 1. The number of rotatable bonds is 6. The Kier molecular flexibility index (Phi) is 6.25. The number of ether oxygens (including phenoxy) is 3. The zero-order valence-electron chi connectivity index (χ0n) is 12.2. The van der Waals surface area contributed by atoms with Crippen LogP contribution in [0.2, 0.25) is 0 Å². The van der Waals surface area contributed by atoms with E-state index in [1.54, 1.807) is 6.92 Å². The molecule has 0 bridgehead atoms. The summed E-state index contributed by atoms with van der Waals surface area (Å²) < 4.78 is 16.5. The molecule has 1 fully saturated rings. The van der Waals surface area contributed by atoms with E-state index in [1.807, 2.05) is 45.1 Å². The van der Waals surface area contributed by atoms with Crippen LogP contribution in [0.25, 0.3) is 0 Å². The number of hydrogen-bond donors (Lipinski definition) is 0. The fourth-order valence-electron chi connectivity index (χ4n) is 2.03. The Morgan fingerprint density at radius 1 is 1.32 bits per heavy atom. The predicted octanol–water partition coefficient (Wildman–Crippen LogP) is 2.98. The second-order valence-electron chi connectivity index (χ2n) is 4.89. The summed E-state index contributed by atoms with van der Waals surface area (Å²) in [6.45, 7) is 7.94. The van der Waals surface area contributed by atoms with Gasteiger partial charge in [0.05, 0.1) is 12.7 Å². The number of allylic oxidation sites excluding steroid dienone is 3. The molecule has 0 spiro atoms. The molecule has 1 heterocycles. The highest BCUT2D eigenvalue weighted by Crippen LogP contribution is 2.31. The normalized spacial score (nSPS) is 26.3. The first-order valence-corrected chi connectivity index (χ1v) is 6.79. The highest BCUT2D eigenvalue weighted by Gasteiger charge is 2.39. The monoisotopic (exact) mass is 268 g/mol. The van der Waals surface area contributed by atoms with Gasteiger partial charge in [-0.15, -0.1) is 0 Å². The van der Waals surface area contributed by atoms with Crippen molar-refractivity contribution in [2.24, 2.45) is 0 Å². The molecule has 1 aliphatic heterocycles. The molecule has 0 unspecified atom stereocenters. The molecule has 4 nitrogen and oxygen atoms in total. The molecule has 2 atom stereocenters. The molecule has 0 N–H and O–H groups in total. The zero-order chi connectivity index (χ0) is 14.3. The molecule has 1 rings (SSSR count). The average Bonchev–Trinajstić information content (AvgIpc) is 2.62. The Balaban J connectivity index is 2.54. The summed E-state index contributed by atoms with van der Waals surface area (Å²) in [5, 5.41) is 0. The average molecular weight is 268 g/mol. The molecule has 19 heavy (non-hydrogen) atoms. The lowest BCUT2D eigenvalue weighted by Crippen LogP contribution is -2.22. The van der Waals surface area contributed by atoms with Crippen molar-refractivity contribution in [3.8, 4) is 0 Å². The maximum Gasteiger partial charge on any atom is 0.305 e. The molecular formula is C15H24O4. The van der Waals surface area contributed by atoms with Gasteiger partial charge in [-0.1, -0.05) is 24.3 Å². The summed E-state index contributed by atoms with van der Waals surface area (Å²) in [6, 6.07) is 0. The molecule has 0 saturated carbocycles. The van der Waals surface area contributed by atoms with Gasteiger partial charge in [0.2, 0.25) is 0 Å². The summed E-state index contributed by atoms with van der Waals surface area (Å²) in [6.07, 6.45) is 8.51. The maximum atomic E-state index is 11.4. The van der Waals surface area contributed by atoms with E-state index in [-0.39, 0.29) is 18.2 Å². The molecule has 1 saturated heterocycles. The summed E-state index contributed by atoms with van der Waals surface area (Å²) in [4.78, 5) is 11.4. The van der Waals surface area contributed by atoms with Crippen molar-refractivity contribution >= 4 is 5.97 Å². The first-order valence-electron chi connectivity index (χ1n) is 6.79. The van der Waals surface area contributed by atoms with Crippen molar-refractivity contribution < 1.29 is 19.0 Å². The van der Waals surface area contributed by atoms with E-state index < -0.39 is 5.79 Å². The van der Waals surface area contributed by atoms with Crippen molar-refractivity contribution in [1.82, 2.24) is 0 Å². The molecule has 0 aromatic carbocycles. The van der Waals surface area contributed by atoms with Crippen LogP contribution in [-0.2, 0) is 19.0 Å². The van der Waals surface area contributed by atoms with Crippen LogP contribution in [0.15, 0.2) is 24.3 Å². The third kappa shape index (κ3) is 5.57. The minimum atomic E-state index is -0.607. The van der Waals surface area contributed by atoms with Gasteiger partial charge in [0.25, 0.3) is 0 Å². The first kappa shape index (κ1) is 15.9. The Bertz CT molecular complexity index is 344. The van der Waals surface area contributed by atoms with Gasteiger partial charge in [0, 0.05) is 6.42 Å². The van der Waals surface area contributed by atoms with Gasteiger partial charge in [0.15, 0.2) is 5.79 Å². The van der Waals surface area contributed by atoms with E-state index in [0.717, 1.165) is 0 Å². The number of hydrogen-bond acceptors (Lipinski definition) is 4. The standard InChI is InChI=1S/C15H24O4/c1-5-7-8-9-12-13(19-15(3,4)18-12)10-11-14(16)17-6-2/h5,7-9,12-13H,6,10-11H2,1-4H3/b7-5+,9-8-/t12-,13-/m0/s1.